The lowest BCUT2D eigenvalue weighted by molar-refractivity contribution is 0.623. The Morgan fingerprint density at radius 3 is 2.26 bits per heavy atom. The van der Waals surface area contributed by atoms with Crippen molar-refractivity contribution in [2.24, 2.45) is 0 Å². The van der Waals surface area contributed by atoms with E-state index in [0.717, 1.165) is 22.3 Å². The van der Waals surface area contributed by atoms with Crippen molar-refractivity contribution in [2.45, 2.75) is 13.5 Å². The van der Waals surface area contributed by atoms with E-state index in [1.54, 1.807) is 12.1 Å². The van der Waals surface area contributed by atoms with Crippen LogP contribution in [0.15, 0.2) is 46.9 Å². The lowest BCUT2D eigenvalue weighted by Gasteiger charge is -2.23. The van der Waals surface area contributed by atoms with Crippen LogP contribution in [0, 0.1) is 11.6 Å². The van der Waals surface area contributed by atoms with E-state index in [-0.39, 0.29) is 11.6 Å². The third kappa shape index (κ3) is 3.77. The van der Waals surface area contributed by atoms with E-state index in [1.807, 2.05) is 13.0 Å². The van der Waals surface area contributed by atoms with Crippen LogP contribution in [0.1, 0.15) is 12.5 Å². The van der Waals surface area contributed by atoms with E-state index < -0.39 is 0 Å². The first-order valence-corrected chi connectivity index (χ1v) is 6.83. The summed E-state index contributed by atoms with van der Waals surface area (Å²) >= 11 is 3.28. The SMILES string of the molecule is CCN(Cc1cc(F)cc(Br)c1)c1ccc(F)cc1. The molecular weight excluding hydrogens is 312 g/mol. The monoisotopic (exact) mass is 325 g/mol. The number of hydrogen-bond donors (Lipinski definition) is 0. The first kappa shape index (κ1) is 14.0. The summed E-state index contributed by atoms with van der Waals surface area (Å²) in [6.45, 7) is 3.36. The van der Waals surface area contributed by atoms with E-state index in [2.05, 4.69) is 20.8 Å². The Kier molecular flexibility index (Phi) is 4.53. The molecule has 2 aromatic rings. The van der Waals surface area contributed by atoms with E-state index in [0.29, 0.717) is 6.54 Å². The van der Waals surface area contributed by atoms with Gasteiger partial charge in [0.05, 0.1) is 0 Å². The summed E-state index contributed by atoms with van der Waals surface area (Å²) in [4.78, 5) is 2.06. The van der Waals surface area contributed by atoms with E-state index >= 15 is 0 Å². The summed E-state index contributed by atoms with van der Waals surface area (Å²) in [5.74, 6) is -0.521. The fraction of sp³-hybridized carbons (Fsp3) is 0.200. The molecule has 0 saturated carbocycles. The molecule has 0 aliphatic heterocycles. The van der Waals surface area contributed by atoms with Crippen molar-refractivity contribution in [3.05, 3.63) is 64.1 Å². The van der Waals surface area contributed by atoms with Crippen LogP contribution in [0.5, 0.6) is 0 Å². The highest BCUT2D eigenvalue weighted by atomic mass is 79.9. The smallest absolute Gasteiger partial charge is 0.124 e. The van der Waals surface area contributed by atoms with Gasteiger partial charge in [0.2, 0.25) is 0 Å². The van der Waals surface area contributed by atoms with Crippen LogP contribution in [0.3, 0.4) is 0 Å². The number of hydrogen-bond acceptors (Lipinski definition) is 1. The van der Waals surface area contributed by atoms with Crippen LogP contribution in [0.4, 0.5) is 14.5 Å². The predicted octanol–water partition coefficient (Wildman–Crippen LogP) is 4.75. The van der Waals surface area contributed by atoms with Crippen LogP contribution >= 0.6 is 15.9 Å². The molecule has 0 spiro atoms. The number of anilines is 1. The summed E-state index contributed by atoms with van der Waals surface area (Å²) in [7, 11) is 0. The van der Waals surface area contributed by atoms with Crippen LogP contribution in [0.2, 0.25) is 0 Å². The Morgan fingerprint density at radius 1 is 1.00 bits per heavy atom. The maximum Gasteiger partial charge on any atom is 0.124 e. The molecule has 0 radical (unpaired) electrons. The minimum absolute atomic E-state index is 0.256. The Bertz CT molecular complexity index is 534. The molecule has 0 aromatic heterocycles. The lowest BCUT2D eigenvalue weighted by atomic mass is 10.2. The molecule has 0 amide bonds. The van der Waals surface area contributed by atoms with Gasteiger partial charge in [-0.2, -0.15) is 0 Å². The van der Waals surface area contributed by atoms with Crippen LogP contribution < -0.4 is 4.90 Å². The largest absolute Gasteiger partial charge is 0.367 e. The highest BCUT2D eigenvalue weighted by Gasteiger charge is 2.07. The summed E-state index contributed by atoms with van der Waals surface area (Å²) in [5.41, 5.74) is 1.79. The zero-order valence-corrected chi connectivity index (χ0v) is 12.1. The lowest BCUT2D eigenvalue weighted by Crippen LogP contribution is -2.22. The zero-order chi connectivity index (χ0) is 13.8. The van der Waals surface area contributed by atoms with E-state index in [1.165, 1.54) is 24.3 Å². The van der Waals surface area contributed by atoms with Crippen LogP contribution in [-0.2, 0) is 6.54 Å². The molecule has 0 heterocycles. The Balaban J connectivity index is 2.21. The molecule has 0 bridgehead atoms. The summed E-state index contributed by atoms with van der Waals surface area (Å²) in [6.07, 6.45) is 0. The molecule has 0 fully saturated rings. The maximum absolute atomic E-state index is 13.3. The van der Waals surface area contributed by atoms with Crippen LogP contribution in [-0.4, -0.2) is 6.54 Å². The number of halogens is 3. The Hall–Kier alpha value is -1.42. The average Bonchev–Trinajstić information content (AvgIpc) is 2.36. The molecular formula is C15H14BrF2N. The molecule has 0 aliphatic carbocycles. The predicted molar refractivity (Wildman–Crippen MR) is 77.2 cm³/mol. The zero-order valence-electron chi connectivity index (χ0n) is 10.5. The summed E-state index contributed by atoms with van der Waals surface area (Å²) < 4.78 is 27.0. The first-order chi connectivity index (χ1) is 9.08. The minimum Gasteiger partial charge on any atom is -0.367 e. The molecule has 0 N–H and O–H groups in total. The van der Waals surface area contributed by atoms with E-state index in [4.69, 9.17) is 0 Å². The third-order valence-corrected chi connectivity index (χ3v) is 3.33. The second-order valence-corrected chi connectivity index (χ2v) is 5.18. The normalized spacial score (nSPS) is 10.5. The molecule has 0 unspecified atom stereocenters. The van der Waals surface area contributed by atoms with Gasteiger partial charge in [-0.15, -0.1) is 0 Å². The van der Waals surface area contributed by atoms with Crippen molar-refractivity contribution in [1.82, 2.24) is 0 Å². The molecule has 1 nitrogen and oxygen atoms in total. The third-order valence-electron chi connectivity index (χ3n) is 2.87. The second-order valence-electron chi connectivity index (χ2n) is 4.27. The fourth-order valence-corrected chi connectivity index (χ4v) is 2.47. The molecule has 2 rings (SSSR count). The van der Waals surface area contributed by atoms with Crippen molar-refractivity contribution in [3.8, 4) is 0 Å². The Labute approximate surface area is 120 Å². The van der Waals surface area contributed by atoms with E-state index in [9.17, 15) is 8.78 Å². The molecule has 0 atom stereocenters. The first-order valence-electron chi connectivity index (χ1n) is 6.04. The van der Waals surface area contributed by atoms with Gasteiger partial charge in [0, 0.05) is 23.2 Å². The second kappa shape index (κ2) is 6.15. The maximum atomic E-state index is 13.3. The van der Waals surface area contributed by atoms with Crippen molar-refractivity contribution in [1.29, 1.82) is 0 Å². The molecule has 0 saturated heterocycles. The molecule has 100 valence electrons. The van der Waals surface area contributed by atoms with Gasteiger partial charge in [0.1, 0.15) is 11.6 Å². The summed E-state index contributed by atoms with van der Waals surface area (Å²) in [6, 6.07) is 11.1. The number of benzene rings is 2. The van der Waals surface area contributed by atoms with Gasteiger partial charge < -0.3 is 4.90 Å². The van der Waals surface area contributed by atoms with Crippen molar-refractivity contribution in [2.75, 3.05) is 11.4 Å². The molecule has 19 heavy (non-hydrogen) atoms. The highest BCUT2D eigenvalue weighted by Crippen LogP contribution is 2.20. The number of nitrogens with zero attached hydrogens (tertiary/aromatic N) is 1. The standard InChI is InChI=1S/C15H14BrF2N/c1-2-19(15-5-3-13(17)4-6-15)10-11-7-12(16)9-14(18)8-11/h3-9H,2,10H2,1H3. The van der Waals surface area contributed by atoms with Crippen molar-refractivity contribution in [3.63, 3.8) is 0 Å². The van der Waals surface area contributed by atoms with Gasteiger partial charge >= 0.3 is 0 Å². The Morgan fingerprint density at radius 2 is 1.68 bits per heavy atom. The van der Waals surface area contributed by atoms with Gasteiger partial charge in [0.25, 0.3) is 0 Å². The van der Waals surface area contributed by atoms with Gasteiger partial charge in [-0.3, -0.25) is 0 Å². The van der Waals surface area contributed by atoms with Gasteiger partial charge in [-0.05, 0) is 55.0 Å². The van der Waals surface area contributed by atoms with Gasteiger partial charge in [0.15, 0.2) is 0 Å². The number of rotatable bonds is 4. The summed E-state index contributed by atoms with van der Waals surface area (Å²) in [5, 5.41) is 0. The van der Waals surface area contributed by atoms with Crippen molar-refractivity contribution >= 4 is 21.6 Å². The fourth-order valence-electron chi connectivity index (χ4n) is 1.96. The van der Waals surface area contributed by atoms with Gasteiger partial charge in [-0.1, -0.05) is 15.9 Å². The quantitative estimate of drug-likeness (QED) is 0.783. The molecule has 4 heteroatoms. The van der Waals surface area contributed by atoms with Crippen molar-refractivity contribution < 1.29 is 8.78 Å². The van der Waals surface area contributed by atoms with Crippen LogP contribution in [0.25, 0.3) is 0 Å². The highest BCUT2D eigenvalue weighted by molar-refractivity contribution is 9.10. The topological polar surface area (TPSA) is 3.24 Å². The molecule has 0 aliphatic rings. The minimum atomic E-state index is -0.264. The average molecular weight is 326 g/mol. The molecule has 2 aromatic carbocycles. The van der Waals surface area contributed by atoms with Gasteiger partial charge in [-0.25, -0.2) is 8.78 Å².